The molecule has 98 valence electrons. The predicted octanol–water partition coefficient (Wildman–Crippen LogP) is 4.51. The molecule has 0 aromatic heterocycles. The Morgan fingerprint density at radius 3 is 2.47 bits per heavy atom. The van der Waals surface area contributed by atoms with Crippen LogP contribution in [-0.4, -0.2) is 4.99 Å². The number of anilines is 2. The molecule has 0 amide bonds. The van der Waals surface area contributed by atoms with Crippen LogP contribution >= 0.6 is 35.4 Å². The molecule has 2 rings (SSSR count). The number of benzene rings is 2. The van der Waals surface area contributed by atoms with Crippen molar-refractivity contribution in [1.29, 1.82) is 0 Å². The molecule has 0 unspecified atom stereocenters. The zero-order valence-corrected chi connectivity index (χ0v) is 11.9. The minimum Gasteiger partial charge on any atom is -0.389 e. The van der Waals surface area contributed by atoms with E-state index in [1.54, 1.807) is 30.3 Å². The van der Waals surface area contributed by atoms with Gasteiger partial charge in [0.05, 0.1) is 10.7 Å². The zero-order chi connectivity index (χ0) is 14.0. The van der Waals surface area contributed by atoms with E-state index in [0.717, 1.165) is 0 Å². The smallest absolute Gasteiger partial charge is 0.148 e. The van der Waals surface area contributed by atoms with Gasteiger partial charge in [-0.1, -0.05) is 35.4 Å². The quantitative estimate of drug-likeness (QED) is 0.819. The summed E-state index contributed by atoms with van der Waals surface area (Å²) in [6, 6.07) is 9.40. The van der Waals surface area contributed by atoms with E-state index in [0.29, 0.717) is 27.0 Å². The number of thiocarbonyl (C=S) groups is 1. The predicted molar refractivity (Wildman–Crippen MR) is 82.0 cm³/mol. The summed E-state index contributed by atoms with van der Waals surface area (Å²) >= 11 is 16.6. The molecule has 0 aliphatic carbocycles. The van der Waals surface area contributed by atoms with Crippen molar-refractivity contribution < 1.29 is 4.39 Å². The Labute approximate surface area is 125 Å². The van der Waals surface area contributed by atoms with Crippen LogP contribution < -0.4 is 11.1 Å². The number of hydrogen-bond donors (Lipinski definition) is 2. The van der Waals surface area contributed by atoms with E-state index in [9.17, 15) is 4.39 Å². The maximum atomic E-state index is 13.6. The first-order chi connectivity index (χ1) is 8.97. The Morgan fingerprint density at radius 2 is 1.89 bits per heavy atom. The van der Waals surface area contributed by atoms with Crippen LogP contribution in [0.4, 0.5) is 15.8 Å². The maximum absolute atomic E-state index is 13.6. The Balaban J connectivity index is 2.29. The van der Waals surface area contributed by atoms with Crippen LogP contribution in [-0.2, 0) is 0 Å². The van der Waals surface area contributed by atoms with Crippen molar-refractivity contribution >= 4 is 51.8 Å². The lowest BCUT2D eigenvalue weighted by molar-refractivity contribution is 0.632. The molecule has 0 aliphatic rings. The van der Waals surface area contributed by atoms with E-state index >= 15 is 0 Å². The zero-order valence-electron chi connectivity index (χ0n) is 9.58. The molecule has 0 atom stereocenters. The van der Waals surface area contributed by atoms with Gasteiger partial charge in [-0.2, -0.15) is 0 Å². The molecule has 0 radical (unpaired) electrons. The molecule has 0 spiro atoms. The van der Waals surface area contributed by atoms with Crippen LogP contribution in [0.5, 0.6) is 0 Å². The highest BCUT2D eigenvalue weighted by molar-refractivity contribution is 7.80. The lowest BCUT2D eigenvalue weighted by Gasteiger charge is -2.10. The normalized spacial score (nSPS) is 10.3. The molecule has 19 heavy (non-hydrogen) atoms. The van der Waals surface area contributed by atoms with E-state index in [4.69, 9.17) is 41.2 Å². The molecule has 0 aliphatic heterocycles. The minimum atomic E-state index is -0.443. The molecule has 3 N–H and O–H groups in total. The van der Waals surface area contributed by atoms with Crippen LogP contribution in [0.25, 0.3) is 0 Å². The molecular weight excluding hydrogens is 306 g/mol. The number of rotatable bonds is 3. The van der Waals surface area contributed by atoms with E-state index < -0.39 is 5.82 Å². The molecule has 2 aromatic rings. The molecule has 0 heterocycles. The van der Waals surface area contributed by atoms with E-state index in [1.165, 1.54) is 6.07 Å². The molecule has 0 saturated heterocycles. The van der Waals surface area contributed by atoms with Gasteiger partial charge in [0.15, 0.2) is 0 Å². The van der Waals surface area contributed by atoms with E-state index in [1.807, 2.05) is 0 Å². The standard InChI is InChI=1S/C13H9Cl2FN2S/c14-7-1-4-12(11(16)5-7)18-8-2-3-9(13(17)19)10(15)6-8/h1-6,18H,(H2,17,19). The summed E-state index contributed by atoms with van der Waals surface area (Å²) in [6.45, 7) is 0. The highest BCUT2D eigenvalue weighted by Gasteiger charge is 2.07. The van der Waals surface area contributed by atoms with Gasteiger partial charge in [0.25, 0.3) is 0 Å². The van der Waals surface area contributed by atoms with Gasteiger partial charge in [-0.15, -0.1) is 0 Å². The van der Waals surface area contributed by atoms with Gasteiger partial charge in [0, 0.05) is 16.3 Å². The third-order valence-electron chi connectivity index (χ3n) is 2.44. The molecule has 6 heteroatoms. The van der Waals surface area contributed by atoms with Crippen molar-refractivity contribution in [3.05, 3.63) is 57.8 Å². The molecule has 2 nitrogen and oxygen atoms in total. The Morgan fingerprint density at radius 1 is 1.16 bits per heavy atom. The van der Waals surface area contributed by atoms with Gasteiger partial charge in [-0.25, -0.2) is 4.39 Å². The van der Waals surface area contributed by atoms with E-state index in [2.05, 4.69) is 5.32 Å². The average Bonchev–Trinajstić information content (AvgIpc) is 2.32. The van der Waals surface area contributed by atoms with Crippen LogP contribution in [0.2, 0.25) is 10.0 Å². The molecule has 0 bridgehead atoms. The fourth-order valence-corrected chi connectivity index (χ4v) is 2.21. The van der Waals surface area contributed by atoms with E-state index in [-0.39, 0.29) is 4.99 Å². The second-order valence-corrected chi connectivity index (χ2v) is 5.09. The average molecular weight is 315 g/mol. The lowest BCUT2D eigenvalue weighted by Crippen LogP contribution is -2.10. The van der Waals surface area contributed by atoms with Crippen LogP contribution in [0.3, 0.4) is 0 Å². The van der Waals surface area contributed by atoms with Crippen molar-refractivity contribution in [1.82, 2.24) is 0 Å². The van der Waals surface area contributed by atoms with Gasteiger partial charge >= 0.3 is 0 Å². The summed E-state index contributed by atoms with van der Waals surface area (Å²) in [6.07, 6.45) is 0. The number of halogens is 3. The topological polar surface area (TPSA) is 38.0 Å². The monoisotopic (exact) mass is 314 g/mol. The molecule has 2 aromatic carbocycles. The third-order valence-corrected chi connectivity index (χ3v) is 3.21. The number of nitrogens with one attached hydrogen (secondary N) is 1. The second-order valence-electron chi connectivity index (χ2n) is 3.81. The van der Waals surface area contributed by atoms with Gasteiger partial charge in [-0.3, -0.25) is 0 Å². The minimum absolute atomic E-state index is 0.217. The second kappa shape index (κ2) is 5.74. The Kier molecular flexibility index (Phi) is 4.24. The maximum Gasteiger partial charge on any atom is 0.148 e. The van der Waals surface area contributed by atoms with Gasteiger partial charge < -0.3 is 11.1 Å². The van der Waals surface area contributed by atoms with Crippen molar-refractivity contribution in [3.8, 4) is 0 Å². The fraction of sp³-hybridized carbons (Fsp3) is 0. The number of nitrogens with two attached hydrogens (primary N) is 1. The third kappa shape index (κ3) is 3.35. The fourth-order valence-electron chi connectivity index (χ4n) is 1.54. The summed E-state index contributed by atoms with van der Waals surface area (Å²) < 4.78 is 13.6. The Hall–Kier alpha value is -1.36. The van der Waals surface area contributed by atoms with Gasteiger partial charge in [-0.05, 0) is 36.4 Å². The first-order valence-corrected chi connectivity index (χ1v) is 6.45. The molecule has 0 fully saturated rings. The van der Waals surface area contributed by atoms with Gasteiger partial charge in [0.2, 0.25) is 0 Å². The largest absolute Gasteiger partial charge is 0.389 e. The first-order valence-electron chi connectivity index (χ1n) is 5.29. The first kappa shape index (κ1) is 14.1. The van der Waals surface area contributed by atoms with Crippen molar-refractivity contribution in [3.63, 3.8) is 0 Å². The molecule has 0 saturated carbocycles. The van der Waals surface area contributed by atoms with Crippen LogP contribution in [0.1, 0.15) is 5.56 Å². The summed E-state index contributed by atoms with van der Waals surface area (Å²) in [7, 11) is 0. The summed E-state index contributed by atoms with van der Waals surface area (Å²) in [4.78, 5) is 0.217. The summed E-state index contributed by atoms with van der Waals surface area (Å²) in [5.74, 6) is -0.443. The van der Waals surface area contributed by atoms with Crippen molar-refractivity contribution in [2.75, 3.05) is 5.32 Å². The van der Waals surface area contributed by atoms with Gasteiger partial charge in [0.1, 0.15) is 10.8 Å². The summed E-state index contributed by atoms with van der Waals surface area (Å²) in [5, 5.41) is 3.65. The highest BCUT2D eigenvalue weighted by Crippen LogP contribution is 2.26. The van der Waals surface area contributed by atoms with Crippen molar-refractivity contribution in [2.45, 2.75) is 0 Å². The highest BCUT2D eigenvalue weighted by atomic mass is 35.5. The van der Waals surface area contributed by atoms with Crippen LogP contribution in [0.15, 0.2) is 36.4 Å². The van der Waals surface area contributed by atoms with Crippen molar-refractivity contribution in [2.24, 2.45) is 5.73 Å². The summed E-state index contributed by atoms with van der Waals surface area (Å²) in [5.41, 5.74) is 7.03. The Bertz CT molecular complexity index is 647. The number of hydrogen-bond acceptors (Lipinski definition) is 2. The molecular formula is C13H9Cl2FN2S. The van der Waals surface area contributed by atoms with Crippen LogP contribution in [0, 0.1) is 5.82 Å². The lowest BCUT2D eigenvalue weighted by atomic mass is 10.2. The SMILES string of the molecule is NC(=S)c1ccc(Nc2ccc(Cl)cc2F)cc1Cl.